The average molecular weight is 286 g/mol. The molecule has 1 unspecified atom stereocenters. The molecule has 0 saturated heterocycles. The molecule has 0 aliphatic heterocycles. The summed E-state index contributed by atoms with van der Waals surface area (Å²) in [7, 11) is 0. The van der Waals surface area contributed by atoms with E-state index in [0.717, 1.165) is 12.8 Å². The Labute approximate surface area is 118 Å². The van der Waals surface area contributed by atoms with Crippen LogP contribution in [0, 0.1) is 5.92 Å². The molecule has 0 heterocycles. The quantitative estimate of drug-likeness (QED) is 0.672. The lowest BCUT2D eigenvalue weighted by Gasteiger charge is -2.28. The Balaban J connectivity index is 2.21. The van der Waals surface area contributed by atoms with Gasteiger partial charge in [0.2, 0.25) is 0 Å². The topological polar surface area (TPSA) is 105 Å². The van der Waals surface area contributed by atoms with E-state index in [1.54, 1.807) is 0 Å². The fourth-order valence-electron chi connectivity index (χ4n) is 2.39. The van der Waals surface area contributed by atoms with Gasteiger partial charge in [0, 0.05) is 6.04 Å². The number of carboxylic acids is 1. The lowest BCUT2D eigenvalue weighted by molar-refractivity contribution is -0.143. The summed E-state index contributed by atoms with van der Waals surface area (Å²) in [5.41, 5.74) is 0. The second-order valence-electron chi connectivity index (χ2n) is 5.09. The van der Waals surface area contributed by atoms with Crippen molar-refractivity contribution in [2.75, 3.05) is 13.2 Å². The number of imide groups is 1. The predicted octanol–water partition coefficient (Wildman–Crippen LogP) is 0.882. The molecule has 7 heteroatoms. The molecule has 0 radical (unpaired) electrons. The van der Waals surface area contributed by atoms with E-state index >= 15 is 0 Å². The average Bonchev–Trinajstić information content (AvgIpc) is 2.38. The van der Waals surface area contributed by atoms with Crippen molar-refractivity contribution in [3.05, 3.63) is 0 Å². The van der Waals surface area contributed by atoms with Gasteiger partial charge in [0.15, 0.2) is 0 Å². The molecule has 3 N–H and O–H groups in total. The Morgan fingerprint density at radius 3 is 2.45 bits per heavy atom. The summed E-state index contributed by atoms with van der Waals surface area (Å²) in [5, 5.41) is 13.2. The minimum absolute atomic E-state index is 0.0167. The molecule has 1 fully saturated rings. The number of carboxylic acid groups (broad SMARTS) is 1. The third-order valence-electron chi connectivity index (χ3n) is 3.43. The number of carbonyl (C=O) groups excluding carboxylic acids is 2. The van der Waals surface area contributed by atoms with E-state index in [-0.39, 0.29) is 6.04 Å². The number of ether oxygens (including phenoxy) is 1. The maximum absolute atomic E-state index is 11.6. The smallest absolute Gasteiger partial charge is 0.329 e. The Bertz CT molecular complexity index is 353. The van der Waals surface area contributed by atoms with E-state index in [4.69, 9.17) is 5.11 Å². The second-order valence-corrected chi connectivity index (χ2v) is 5.09. The molecular weight excluding hydrogens is 264 g/mol. The minimum Gasteiger partial charge on any atom is -0.480 e. The lowest BCUT2D eigenvalue weighted by Crippen LogP contribution is -2.47. The van der Waals surface area contributed by atoms with Crippen molar-refractivity contribution >= 4 is 17.9 Å². The molecular formula is C13H22N2O5. The van der Waals surface area contributed by atoms with Crippen LogP contribution >= 0.6 is 0 Å². The highest BCUT2D eigenvalue weighted by atomic mass is 16.5. The molecule has 1 atom stereocenters. The van der Waals surface area contributed by atoms with E-state index in [2.05, 4.69) is 15.4 Å². The van der Waals surface area contributed by atoms with Crippen molar-refractivity contribution in [1.29, 1.82) is 0 Å². The molecule has 7 nitrogen and oxygen atoms in total. The first kappa shape index (κ1) is 16.4. The first-order valence-corrected chi connectivity index (χ1v) is 6.89. The van der Waals surface area contributed by atoms with Crippen molar-refractivity contribution in [3.8, 4) is 0 Å². The van der Waals surface area contributed by atoms with Gasteiger partial charge in [0.25, 0.3) is 5.91 Å². The first-order valence-electron chi connectivity index (χ1n) is 6.89. The fourth-order valence-corrected chi connectivity index (χ4v) is 2.39. The number of rotatable bonds is 6. The summed E-state index contributed by atoms with van der Waals surface area (Å²) >= 11 is 0. The predicted molar refractivity (Wildman–Crippen MR) is 71.2 cm³/mol. The highest BCUT2D eigenvalue weighted by Gasteiger charge is 2.21. The molecule has 0 spiro atoms. The van der Waals surface area contributed by atoms with Gasteiger partial charge in [-0.05, 0) is 25.7 Å². The van der Waals surface area contributed by atoms with E-state index in [0.29, 0.717) is 5.92 Å². The monoisotopic (exact) mass is 286 g/mol. The van der Waals surface area contributed by atoms with Crippen molar-refractivity contribution in [2.24, 2.45) is 5.92 Å². The van der Waals surface area contributed by atoms with Crippen LogP contribution in [0.2, 0.25) is 0 Å². The van der Waals surface area contributed by atoms with Crippen molar-refractivity contribution in [1.82, 2.24) is 10.6 Å². The molecule has 0 aromatic carbocycles. The summed E-state index contributed by atoms with van der Waals surface area (Å²) in [4.78, 5) is 33.1. The normalized spacial score (nSPS) is 17.2. The van der Waals surface area contributed by atoms with E-state index in [1.807, 2.05) is 6.92 Å². The summed E-state index contributed by atoms with van der Waals surface area (Å²) in [6, 6.07) is -0.546. The maximum atomic E-state index is 11.6. The van der Waals surface area contributed by atoms with Crippen LogP contribution in [-0.2, 0) is 14.3 Å². The molecule has 1 saturated carbocycles. The van der Waals surface area contributed by atoms with Gasteiger partial charge in [-0.25, -0.2) is 9.59 Å². The third kappa shape index (κ3) is 6.51. The first-order chi connectivity index (χ1) is 9.49. The molecule has 0 aromatic rings. The molecule has 20 heavy (non-hydrogen) atoms. The number of carbonyl (C=O) groups is 3. The van der Waals surface area contributed by atoms with Gasteiger partial charge in [-0.1, -0.05) is 19.3 Å². The van der Waals surface area contributed by atoms with Gasteiger partial charge in [0.1, 0.15) is 13.2 Å². The van der Waals surface area contributed by atoms with Crippen LogP contribution in [0.1, 0.15) is 39.0 Å². The van der Waals surface area contributed by atoms with Gasteiger partial charge in [-0.2, -0.15) is 0 Å². The van der Waals surface area contributed by atoms with Gasteiger partial charge in [0.05, 0.1) is 0 Å². The van der Waals surface area contributed by atoms with Gasteiger partial charge in [-0.3, -0.25) is 10.1 Å². The summed E-state index contributed by atoms with van der Waals surface area (Å²) in [6.45, 7) is 0.923. The number of urea groups is 1. The Hall–Kier alpha value is -1.63. The van der Waals surface area contributed by atoms with Crippen LogP contribution in [0.15, 0.2) is 0 Å². The van der Waals surface area contributed by atoms with Crippen LogP contribution in [0.4, 0.5) is 4.79 Å². The fraction of sp³-hybridized carbons (Fsp3) is 0.769. The number of hydrogen-bond donors (Lipinski definition) is 3. The van der Waals surface area contributed by atoms with E-state index in [1.165, 1.54) is 19.3 Å². The number of hydrogen-bond acceptors (Lipinski definition) is 4. The molecule has 0 aromatic heterocycles. The second kappa shape index (κ2) is 8.52. The van der Waals surface area contributed by atoms with E-state index in [9.17, 15) is 14.4 Å². The zero-order chi connectivity index (χ0) is 15.0. The van der Waals surface area contributed by atoms with E-state index < -0.39 is 31.1 Å². The van der Waals surface area contributed by atoms with Crippen molar-refractivity contribution < 1.29 is 24.2 Å². The zero-order valence-electron chi connectivity index (χ0n) is 11.7. The molecule has 3 amide bonds. The van der Waals surface area contributed by atoms with Gasteiger partial charge in [-0.15, -0.1) is 0 Å². The molecule has 1 aliphatic rings. The van der Waals surface area contributed by atoms with Gasteiger partial charge >= 0.3 is 12.0 Å². The van der Waals surface area contributed by atoms with Crippen LogP contribution < -0.4 is 10.6 Å². The van der Waals surface area contributed by atoms with Crippen LogP contribution in [0.3, 0.4) is 0 Å². The van der Waals surface area contributed by atoms with Crippen LogP contribution in [0.25, 0.3) is 0 Å². The lowest BCUT2D eigenvalue weighted by atomic mass is 9.85. The SMILES string of the molecule is CC(NC(=O)NC(=O)COCC(=O)O)C1CCCCC1. The number of nitrogens with one attached hydrogen (secondary N) is 2. The molecule has 114 valence electrons. The van der Waals surface area contributed by atoms with Crippen molar-refractivity contribution in [2.45, 2.75) is 45.1 Å². The van der Waals surface area contributed by atoms with Crippen LogP contribution in [-0.4, -0.2) is 42.3 Å². The molecule has 1 aliphatic carbocycles. The molecule has 0 bridgehead atoms. The Morgan fingerprint density at radius 2 is 1.85 bits per heavy atom. The third-order valence-corrected chi connectivity index (χ3v) is 3.43. The summed E-state index contributed by atoms with van der Waals surface area (Å²) in [6.07, 6.45) is 5.80. The zero-order valence-corrected chi connectivity index (χ0v) is 11.7. The Kier molecular flexibility index (Phi) is 7.00. The largest absolute Gasteiger partial charge is 0.480 e. The summed E-state index contributed by atoms with van der Waals surface area (Å²) in [5.74, 6) is -1.36. The maximum Gasteiger partial charge on any atom is 0.329 e. The van der Waals surface area contributed by atoms with Crippen molar-refractivity contribution in [3.63, 3.8) is 0 Å². The number of aliphatic carboxylic acids is 1. The van der Waals surface area contributed by atoms with Gasteiger partial charge < -0.3 is 15.2 Å². The summed E-state index contributed by atoms with van der Waals surface area (Å²) < 4.78 is 4.59. The molecule has 1 rings (SSSR count). The highest BCUT2D eigenvalue weighted by Crippen LogP contribution is 2.26. The minimum atomic E-state index is -1.16. The Morgan fingerprint density at radius 1 is 1.20 bits per heavy atom. The highest BCUT2D eigenvalue weighted by molar-refractivity contribution is 5.95. The number of amides is 3. The standard InChI is InChI=1S/C13H22N2O5/c1-9(10-5-3-2-4-6-10)14-13(19)15-11(16)7-20-8-12(17)18/h9-10H,2-8H2,1H3,(H,17,18)(H2,14,15,16,19). The van der Waals surface area contributed by atoms with Crippen LogP contribution in [0.5, 0.6) is 0 Å².